The third-order valence-corrected chi connectivity index (χ3v) is 4.33. The molecule has 0 spiro atoms. The van der Waals surface area contributed by atoms with Crippen molar-refractivity contribution in [1.82, 2.24) is 10.2 Å². The summed E-state index contributed by atoms with van der Waals surface area (Å²) in [5.74, 6) is 0.147. The summed E-state index contributed by atoms with van der Waals surface area (Å²) < 4.78 is 0. The number of hydrogen-bond donors (Lipinski definition) is 2. The summed E-state index contributed by atoms with van der Waals surface area (Å²) in [4.78, 5) is 26.5. The zero-order valence-electron chi connectivity index (χ0n) is 13.1. The minimum atomic E-state index is -0.0392. The number of piperazine rings is 1. The predicted octanol–water partition coefficient (Wildman–Crippen LogP) is 0.264. The van der Waals surface area contributed by atoms with E-state index in [9.17, 15) is 9.59 Å². The molecule has 1 atom stereocenters. The van der Waals surface area contributed by atoms with Crippen LogP contribution in [0.3, 0.4) is 0 Å². The van der Waals surface area contributed by atoms with E-state index >= 15 is 0 Å². The molecule has 1 aliphatic heterocycles. The number of nitrogens with zero attached hydrogens (tertiary/aromatic N) is 1. The summed E-state index contributed by atoms with van der Waals surface area (Å²) in [6.07, 6.45) is 0. The summed E-state index contributed by atoms with van der Waals surface area (Å²) in [6, 6.07) is 7.46. The zero-order chi connectivity index (χ0) is 16.1. The minimum absolute atomic E-state index is 0.0359. The Bertz CT molecular complexity index is 525. The van der Waals surface area contributed by atoms with Crippen LogP contribution in [0.15, 0.2) is 24.3 Å². The van der Waals surface area contributed by atoms with Crippen LogP contribution in [-0.2, 0) is 9.59 Å². The molecule has 0 radical (unpaired) electrons. The van der Waals surface area contributed by atoms with Crippen molar-refractivity contribution in [2.75, 3.05) is 32.7 Å². The molecule has 1 aromatic carbocycles. The highest BCUT2D eigenvalue weighted by molar-refractivity contribution is 6.30. The van der Waals surface area contributed by atoms with Crippen LogP contribution in [-0.4, -0.2) is 49.4 Å². The number of halogens is 1. The maximum Gasteiger partial charge on any atom is 0.275 e. The van der Waals surface area contributed by atoms with Gasteiger partial charge in [0.15, 0.2) is 6.54 Å². The van der Waals surface area contributed by atoms with Gasteiger partial charge in [0, 0.05) is 11.9 Å². The molecule has 0 bridgehead atoms. The summed E-state index contributed by atoms with van der Waals surface area (Å²) in [7, 11) is 0. The van der Waals surface area contributed by atoms with Gasteiger partial charge >= 0.3 is 0 Å². The lowest BCUT2D eigenvalue weighted by Gasteiger charge is -2.31. The van der Waals surface area contributed by atoms with Gasteiger partial charge in [0.2, 0.25) is 5.91 Å². The molecule has 5 nitrogen and oxygen atoms in total. The molecule has 1 saturated heterocycles. The van der Waals surface area contributed by atoms with E-state index in [1.165, 1.54) is 4.90 Å². The van der Waals surface area contributed by atoms with Gasteiger partial charge < -0.3 is 15.1 Å². The highest BCUT2D eigenvalue weighted by Crippen LogP contribution is 2.15. The van der Waals surface area contributed by atoms with Gasteiger partial charge in [0.25, 0.3) is 5.91 Å². The quantitative estimate of drug-likeness (QED) is 0.835. The number of quaternary nitrogens is 1. The number of rotatable bonds is 4. The van der Waals surface area contributed by atoms with E-state index in [1.54, 1.807) is 6.92 Å². The first-order valence-corrected chi connectivity index (χ1v) is 7.97. The molecular weight excluding hydrogens is 302 g/mol. The Morgan fingerprint density at radius 3 is 2.41 bits per heavy atom. The number of amides is 2. The van der Waals surface area contributed by atoms with E-state index in [4.69, 9.17) is 11.6 Å². The van der Waals surface area contributed by atoms with Crippen LogP contribution in [0.5, 0.6) is 0 Å². The molecule has 6 heteroatoms. The van der Waals surface area contributed by atoms with Crippen molar-refractivity contribution >= 4 is 23.4 Å². The van der Waals surface area contributed by atoms with Crippen molar-refractivity contribution < 1.29 is 14.5 Å². The molecule has 1 heterocycles. The van der Waals surface area contributed by atoms with Gasteiger partial charge in [0.05, 0.1) is 32.2 Å². The van der Waals surface area contributed by atoms with Crippen LogP contribution in [0.4, 0.5) is 0 Å². The van der Waals surface area contributed by atoms with E-state index in [1.807, 2.05) is 36.1 Å². The Labute approximate surface area is 136 Å². The van der Waals surface area contributed by atoms with Crippen LogP contribution in [0.1, 0.15) is 25.5 Å². The fraction of sp³-hybridized carbons (Fsp3) is 0.500. The van der Waals surface area contributed by atoms with Crippen LogP contribution in [0, 0.1) is 0 Å². The maximum atomic E-state index is 12.1. The van der Waals surface area contributed by atoms with Gasteiger partial charge in [-0.3, -0.25) is 9.59 Å². The normalized spacial score (nSPS) is 17.1. The second kappa shape index (κ2) is 7.61. The van der Waals surface area contributed by atoms with Crippen molar-refractivity contribution in [2.45, 2.75) is 19.9 Å². The molecule has 1 aliphatic rings. The lowest BCUT2D eigenvalue weighted by molar-refractivity contribution is -0.896. The van der Waals surface area contributed by atoms with Gasteiger partial charge in [-0.2, -0.15) is 0 Å². The van der Waals surface area contributed by atoms with Gasteiger partial charge in [-0.05, 0) is 24.6 Å². The fourth-order valence-corrected chi connectivity index (χ4v) is 2.79. The SMILES string of the molecule is CC(=O)N1CC[NH+](CC(=O)N[C@H](C)c2ccc(Cl)cc2)CC1. The van der Waals surface area contributed by atoms with Crippen molar-refractivity contribution in [3.05, 3.63) is 34.9 Å². The molecule has 0 unspecified atom stereocenters. The number of carbonyl (C=O) groups excluding carboxylic acids is 2. The van der Waals surface area contributed by atoms with Crippen molar-refractivity contribution in [2.24, 2.45) is 0 Å². The van der Waals surface area contributed by atoms with E-state index < -0.39 is 0 Å². The first-order chi connectivity index (χ1) is 10.5. The molecule has 0 saturated carbocycles. The van der Waals surface area contributed by atoms with E-state index in [2.05, 4.69) is 5.32 Å². The average Bonchev–Trinajstić information content (AvgIpc) is 2.48. The Balaban J connectivity index is 1.78. The molecule has 0 aliphatic carbocycles. The van der Waals surface area contributed by atoms with Crippen molar-refractivity contribution in [3.63, 3.8) is 0 Å². The second-order valence-electron chi connectivity index (χ2n) is 5.77. The van der Waals surface area contributed by atoms with Crippen molar-refractivity contribution in [1.29, 1.82) is 0 Å². The zero-order valence-corrected chi connectivity index (χ0v) is 13.8. The summed E-state index contributed by atoms with van der Waals surface area (Å²) in [6.45, 7) is 7.10. The molecular formula is C16H23ClN3O2+. The minimum Gasteiger partial charge on any atom is -0.345 e. The third kappa shape index (κ3) is 4.71. The Kier molecular flexibility index (Phi) is 5.80. The Morgan fingerprint density at radius 2 is 1.86 bits per heavy atom. The average molecular weight is 325 g/mol. The Morgan fingerprint density at radius 1 is 1.27 bits per heavy atom. The van der Waals surface area contributed by atoms with Gasteiger partial charge in [0.1, 0.15) is 0 Å². The maximum absolute atomic E-state index is 12.1. The molecule has 22 heavy (non-hydrogen) atoms. The van der Waals surface area contributed by atoms with Crippen LogP contribution >= 0.6 is 11.6 Å². The Hall–Kier alpha value is -1.59. The number of nitrogens with one attached hydrogen (secondary N) is 2. The summed E-state index contributed by atoms with van der Waals surface area (Å²) in [5, 5.41) is 3.70. The van der Waals surface area contributed by atoms with Crippen LogP contribution in [0.2, 0.25) is 5.02 Å². The van der Waals surface area contributed by atoms with E-state index in [0.29, 0.717) is 11.6 Å². The van der Waals surface area contributed by atoms with E-state index in [0.717, 1.165) is 31.7 Å². The number of hydrogen-bond acceptors (Lipinski definition) is 2. The number of carbonyl (C=O) groups is 2. The number of benzene rings is 1. The molecule has 2 amide bonds. The molecule has 1 fully saturated rings. The third-order valence-electron chi connectivity index (χ3n) is 4.07. The summed E-state index contributed by atoms with van der Waals surface area (Å²) in [5.41, 5.74) is 1.04. The molecule has 120 valence electrons. The lowest BCUT2D eigenvalue weighted by Crippen LogP contribution is -3.15. The van der Waals surface area contributed by atoms with Gasteiger partial charge in [-0.25, -0.2) is 0 Å². The lowest BCUT2D eigenvalue weighted by atomic mass is 10.1. The first kappa shape index (κ1) is 16.8. The second-order valence-corrected chi connectivity index (χ2v) is 6.21. The predicted molar refractivity (Wildman–Crippen MR) is 85.8 cm³/mol. The molecule has 2 N–H and O–H groups in total. The fourth-order valence-electron chi connectivity index (χ4n) is 2.67. The molecule has 2 rings (SSSR count). The molecule has 0 aromatic heterocycles. The standard InChI is InChI=1S/C16H22ClN3O2/c1-12(14-3-5-15(17)6-4-14)18-16(22)11-19-7-9-20(10-8-19)13(2)21/h3-6,12H,7-11H2,1-2H3,(H,18,22)/p+1/t12-/m1/s1. The molecule has 1 aromatic rings. The largest absolute Gasteiger partial charge is 0.345 e. The van der Waals surface area contributed by atoms with Crippen LogP contribution < -0.4 is 10.2 Å². The highest BCUT2D eigenvalue weighted by atomic mass is 35.5. The van der Waals surface area contributed by atoms with Gasteiger partial charge in [-0.15, -0.1) is 0 Å². The topological polar surface area (TPSA) is 53.9 Å². The van der Waals surface area contributed by atoms with E-state index in [-0.39, 0.29) is 17.9 Å². The van der Waals surface area contributed by atoms with Crippen LogP contribution in [0.25, 0.3) is 0 Å². The van der Waals surface area contributed by atoms with Gasteiger partial charge in [-0.1, -0.05) is 23.7 Å². The van der Waals surface area contributed by atoms with Crippen molar-refractivity contribution in [3.8, 4) is 0 Å². The highest BCUT2D eigenvalue weighted by Gasteiger charge is 2.23. The first-order valence-electron chi connectivity index (χ1n) is 7.59. The smallest absolute Gasteiger partial charge is 0.275 e. The monoisotopic (exact) mass is 324 g/mol. The summed E-state index contributed by atoms with van der Waals surface area (Å²) >= 11 is 5.87.